The molecule has 0 radical (unpaired) electrons. The van der Waals surface area contributed by atoms with E-state index in [1.807, 2.05) is 13.1 Å². The van der Waals surface area contributed by atoms with Gasteiger partial charge in [0.1, 0.15) is 11.6 Å². The highest BCUT2D eigenvalue weighted by Crippen LogP contribution is 2.20. The zero-order valence-electron chi connectivity index (χ0n) is 11.4. The Balaban J connectivity index is 2.46. The van der Waals surface area contributed by atoms with Gasteiger partial charge in [-0.2, -0.15) is 0 Å². The van der Waals surface area contributed by atoms with Crippen molar-refractivity contribution < 1.29 is 4.39 Å². The second-order valence-corrected chi connectivity index (χ2v) is 4.79. The lowest BCUT2D eigenvalue weighted by Crippen LogP contribution is -2.10. The van der Waals surface area contributed by atoms with Crippen molar-refractivity contribution in [2.75, 3.05) is 7.05 Å². The van der Waals surface area contributed by atoms with Gasteiger partial charge < -0.3 is 5.32 Å². The zero-order chi connectivity index (χ0) is 13.8. The van der Waals surface area contributed by atoms with Gasteiger partial charge in [0.05, 0.1) is 11.4 Å². The summed E-state index contributed by atoms with van der Waals surface area (Å²) < 4.78 is 13.0. The van der Waals surface area contributed by atoms with Crippen LogP contribution >= 0.6 is 0 Å². The SMILES string of the molecule is CNCc1cc(-c2ccc(F)cc2)nc(C(C)C)n1. The van der Waals surface area contributed by atoms with Crippen molar-refractivity contribution in [3.63, 3.8) is 0 Å². The van der Waals surface area contributed by atoms with Crippen molar-refractivity contribution >= 4 is 0 Å². The molecule has 1 heterocycles. The Hall–Kier alpha value is -1.81. The van der Waals surface area contributed by atoms with Gasteiger partial charge in [0.15, 0.2) is 0 Å². The van der Waals surface area contributed by atoms with E-state index < -0.39 is 0 Å². The van der Waals surface area contributed by atoms with Gasteiger partial charge in [-0.1, -0.05) is 13.8 Å². The van der Waals surface area contributed by atoms with Gasteiger partial charge in [-0.3, -0.25) is 0 Å². The van der Waals surface area contributed by atoms with Crippen LogP contribution in [0.5, 0.6) is 0 Å². The van der Waals surface area contributed by atoms with Crippen LogP contribution in [0, 0.1) is 5.82 Å². The molecule has 2 aromatic rings. The molecule has 0 aliphatic rings. The molecule has 1 aromatic heterocycles. The number of nitrogens with one attached hydrogen (secondary N) is 1. The fourth-order valence-corrected chi connectivity index (χ4v) is 1.82. The predicted octanol–water partition coefficient (Wildman–Crippen LogP) is 3.13. The van der Waals surface area contributed by atoms with E-state index in [2.05, 4.69) is 29.1 Å². The maximum absolute atomic E-state index is 13.0. The molecule has 0 amide bonds. The zero-order valence-corrected chi connectivity index (χ0v) is 11.4. The normalized spacial score (nSPS) is 11.0. The summed E-state index contributed by atoms with van der Waals surface area (Å²) in [6.45, 7) is 4.82. The second kappa shape index (κ2) is 5.89. The summed E-state index contributed by atoms with van der Waals surface area (Å²) in [5.41, 5.74) is 2.69. The van der Waals surface area contributed by atoms with E-state index in [9.17, 15) is 4.39 Å². The van der Waals surface area contributed by atoms with Crippen molar-refractivity contribution in [1.82, 2.24) is 15.3 Å². The molecule has 0 aliphatic heterocycles. The van der Waals surface area contributed by atoms with Crippen LogP contribution in [-0.4, -0.2) is 17.0 Å². The minimum absolute atomic E-state index is 0.239. The smallest absolute Gasteiger partial charge is 0.131 e. The molecule has 0 spiro atoms. The van der Waals surface area contributed by atoms with Crippen LogP contribution in [0.2, 0.25) is 0 Å². The molecule has 19 heavy (non-hydrogen) atoms. The Bertz CT molecular complexity index is 550. The lowest BCUT2D eigenvalue weighted by Gasteiger charge is -2.10. The highest BCUT2D eigenvalue weighted by atomic mass is 19.1. The first-order chi connectivity index (χ1) is 9.10. The Labute approximate surface area is 112 Å². The van der Waals surface area contributed by atoms with Crippen LogP contribution in [-0.2, 0) is 6.54 Å². The second-order valence-electron chi connectivity index (χ2n) is 4.79. The molecular formula is C15H18FN3. The number of halogens is 1. The third kappa shape index (κ3) is 3.35. The van der Waals surface area contributed by atoms with E-state index in [1.54, 1.807) is 12.1 Å². The third-order valence-corrected chi connectivity index (χ3v) is 2.81. The van der Waals surface area contributed by atoms with E-state index >= 15 is 0 Å². The van der Waals surface area contributed by atoms with Gasteiger partial charge in [-0.25, -0.2) is 14.4 Å². The molecule has 2 rings (SSSR count). The molecular weight excluding hydrogens is 241 g/mol. The van der Waals surface area contributed by atoms with Crippen LogP contribution < -0.4 is 5.32 Å². The van der Waals surface area contributed by atoms with Gasteiger partial charge in [0.25, 0.3) is 0 Å². The molecule has 0 saturated heterocycles. The molecule has 100 valence electrons. The average Bonchev–Trinajstić information content (AvgIpc) is 2.39. The Kier molecular flexibility index (Phi) is 4.22. The fourth-order valence-electron chi connectivity index (χ4n) is 1.82. The van der Waals surface area contributed by atoms with Crippen LogP contribution in [0.4, 0.5) is 4.39 Å². The van der Waals surface area contributed by atoms with Crippen molar-refractivity contribution in [3.8, 4) is 11.3 Å². The standard InChI is InChI=1S/C15H18FN3/c1-10(2)15-18-13(9-17-3)8-14(19-15)11-4-6-12(16)7-5-11/h4-8,10,17H,9H2,1-3H3. The van der Waals surface area contributed by atoms with Gasteiger partial charge >= 0.3 is 0 Å². The summed E-state index contributed by atoms with van der Waals surface area (Å²) in [5.74, 6) is 0.834. The summed E-state index contributed by atoms with van der Waals surface area (Å²) in [6, 6.07) is 8.32. The predicted molar refractivity (Wildman–Crippen MR) is 74.3 cm³/mol. The summed E-state index contributed by atoms with van der Waals surface area (Å²) >= 11 is 0. The quantitative estimate of drug-likeness (QED) is 0.916. The van der Waals surface area contributed by atoms with E-state index in [0.29, 0.717) is 6.54 Å². The number of nitrogens with zero attached hydrogens (tertiary/aromatic N) is 2. The van der Waals surface area contributed by atoms with Gasteiger partial charge in [0, 0.05) is 18.0 Å². The maximum Gasteiger partial charge on any atom is 0.131 e. The molecule has 4 heteroatoms. The molecule has 0 aliphatic carbocycles. The molecule has 1 aromatic carbocycles. The summed E-state index contributed by atoms with van der Waals surface area (Å²) in [7, 11) is 1.88. The van der Waals surface area contributed by atoms with E-state index in [1.165, 1.54) is 12.1 Å². The lowest BCUT2D eigenvalue weighted by atomic mass is 10.1. The molecule has 0 fully saturated rings. The minimum Gasteiger partial charge on any atom is -0.314 e. The van der Waals surface area contributed by atoms with Crippen molar-refractivity contribution in [1.29, 1.82) is 0 Å². The van der Waals surface area contributed by atoms with E-state index in [4.69, 9.17) is 0 Å². The van der Waals surface area contributed by atoms with Gasteiger partial charge in [0.2, 0.25) is 0 Å². The number of rotatable bonds is 4. The first kappa shape index (κ1) is 13.6. The average molecular weight is 259 g/mol. The number of benzene rings is 1. The summed E-state index contributed by atoms with van der Waals surface area (Å²) in [5, 5.41) is 3.09. The van der Waals surface area contributed by atoms with Gasteiger partial charge in [-0.05, 0) is 37.4 Å². The number of hydrogen-bond acceptors (Lipinski definition) is 3. The Morgan fingerprint density at radius 3 is 2.42 bits per heavy atom. The molecule has 0 atom stereocenters. The van der Waals surface area contributed by atoms with E-state index in [-0.39, 0.29) is 11.7 Å². The molecule has 1 N–H and O–H groups in total. The maximum atomic E-state index is 13.0. The van der Waals surface area contributed by atoms with E-state index in [0.717, 1.165) is 22.8 Å². The lowest BCUT2D eigenvalue weighted by molar-refractivity contribution is 0.628. The Morgan fingerprint density at radius 1 is 1.16 bits per heavy atom. The number of aromatic nitrogens is 2. The van der Waals surface area contributed by atoms with Crippen molar-refractivity contribution in [2.24, 2.45) is 0 Å². The van der Waals surface area contributed by atoms with Crippen LogP contribution in [0.25, 0.3) is 11.3 Å². The third-order valence-electron chi connectivity index (χ3n) is 2.81. The molecule has 3 nitrogen and oxygen atoms in total. The van der Waals surface area contributed by atoms with Crippen molar-refractivity contribution in [3.05, 3.63) is 47.7 Å². The molecule has 0 saturated carbocycles. The van der Waals surface area contributed by atoms with Crippen LogP contribution in [0.3, 0.4) is 0 Å². The molecule has 0 unspecified atom stereocenters. The van der Waals surface area contributed by atoms with Gasteiger partial charge in [-0.15, -0.1) is 0 Å². The highest BCUT2D eigenvalue weighted by Gasteiger charge is 2.09. The van der Waals surface area contributed by atoms with Crippen molar-refractivity contribution in [2.45, 2.75) is 26.3 Å². The largest absolute Gasteiger partial charge is 0.314 e. The summed E-state index contributed by atoms with van der Waals surface area (Å²) in [4.78, 5) is 9.07. The minimum atomic E-state index is -0.239. The fraction of sp³-hybridized carbons (Fsp3) is 0.333. The highest BCUT2D eigenvalue weighted by molar-refractivity contribution is 5.59. The number of hydrogen-bond donors (Lipinski definition) is 1. The van der Waals surface area contributed by atoms with Crippen LogP contribution in [0.15, 0.2) is 30.3 Å². The first-order valence-corrected chi connectivity index (χ1v) is 6.38. The Morgan fingerprint density at radius 2 is 1.84 bits per heavy atom. The monoisotopic (exact) mass is 259 g/mol. The summed E-state index contributed by atoms with van der Waals surface area (Å²) in [6.07, 6.45) is 0. The molecule has 0 bridgehead atoms. The van der Waals surface area contributed by atoms with Crippen LogP contribution in [0.1, 0.15) is 31.3 Å². The topological polar surface area (TPSA) is 37.8 Å². The first-order valence-electron chi connectivity index (χ1n) is 6.38.